The Morgan fingerprint density at radius 1 is 1.00 bits per heavy atom. The molecule has 21 heteroatoms. The minimum Gasteiger partial charge on any atom is -0.493 e. The summed E-state index contributed by atoms with van der Waals surface area (Å²) in [5.41, 5.74) is 9.47. The van der Waals surface area contributed by atoms with Gasteiger partial charge in [-0.05, 0) is 55.8 Å². The van der Waals surface area contributed by atoms with Crippen molar-refractivity contribution in [1.82, 2.24) is 30.2 Å². The fourth-order valence-electron chi connectivity index (χ4n) is 7.90. The van der Waals surface area contributed by atoms with Crippen LogP contribution >= 0.6 is 0 Å². The number of nitrogens with two attached hydrogens (primary N) is 1. The Morgan fingerprint density at radius 2 is 1.76 bits per heavy atom. The Labute approximate surface area is 352 Å². The summed E-state index contributed by atoms with van der Waals surface area (Å²) in [7, 11) is 6.29. The van der Waals surface area contributed by atoms with E-state index in [-0.39, 0.29) is 71.7 Å². The number of nitrogens with one attached hydrogen (secondary N) is 3. The number of carboxylic acid groups (broad SMARTS) is 1. The molecular weight excluding hydrogens is 811 g/mol. The Hall–Kier alpha value is -7.68. The maximum absolute atomic E-state index is 13.7. The number of esters is 1. The molecule has 322 valence electrons. The molecule has 0 bridgehead atoms. The molecule has 0 saturated carbocycles. The molecule has 3 aliphatic rings. The molecule has 3 aromatic carbocycles. The molecule has 0 saturated heterocycles. The number of methoxy groups -OCH3 is 3. The summed E-state index contributed by atoms with van der Waals surface area (Å²) in [6.07, 6.45) is 0.555. The van der Waals surface area contributed by atoms with Crippen molar-refractivity contribution in [2.75, 3.05) is 58.1 Å². The normalized spacial score (nSPS) is 16.7. The molecule has 3 unspecified atom stereocenters. The summed E-state index contributed by atoms with van der Waals surface area (Å²) in [6.45, 7) is 0.536. The molecule has 0 radical (unpaired) electrons. The molecule has 8 rings (SSSR count). The first-order chi connectivity index (χ1) is 29.9. The van der Waals surface area contributed by atoms with Gasteiger partial charge in [0.1, 0.15) is 17.7 Å². The fourth-order valence-corrected chi connectivity index (χ4v) is 7.90. The number of cyclic esters (lactones) is 1. The maximum Gasteiger partial charge on any atom is 0.343 e. The first-order valence-electron chi connectivity index (χ1n) is 19.2. The summed E-state index contributed by atoms with van der Waals surface area (Å²) in [5, 5.41) is 28.7. The van der Waals surface area contributed by atoms with Crippen LogP contribution in [0.2, 0.25) is 0 Å². The second-order valence-corrected chi connectivity index (χ2v) is 14.5. The third-order valence-corrected chi connectivity index (χ3v) is 10.8. The second kappa shape index (κ2) is 16.8. The van der Waals surface area contributed by atoms with Gasteiger partial charge in [0.05, 0.1) is 51.5 Å². The van der Waals surface area contributed by atoms with Gasteiger partial charge in [0, 0.05) is 35.3 Å². The Morgan fingerprint density at radius 3 is 2.48 bits per heavy atom. The number of carboxylic acids is 1. The van der Waals surface area contributed by atoms with Crippen molar-refractivity contribution in [1.29, 1.82) is 0 Å². The van der Waals surface area contributed by atoms with Gasteiger partial charge < -0.3 is 60.3 Å². The number of hydrogen-bond acceptors (Lipinski definition) is 18. The third-order valence-electron chi connectivity index (χ3n) is 10.8. The number of carbonyl (C=O) groups is 4. The zero-order valence-corrected chi connectivity index (χ0v) is 33.8. The standard InChI is InChI=1S/C41H41N9O12/c1-50-14-13-21-26(30(50)31-22-9-11-24(57-2)32(58-3)27(22)40(56)62-31)33(59-4)35-34(60-17-61-35)28(21)47-25(51)12-10-23(39(54)55)46-37(52)18-5-7-19(8-6-18)43-15-20-16-44-36-29(45-20)38(53)49-41(42)48-36/h5-9,11,16,23,30-31,43H,10,12-15,17H2,1-4H3,(H,46,52)(H,47,51)(H,54,55)(H3,42,44,48,49,53). The van der Waals surface area contributed by atoms with Crippen LogP contribution in [0.15, 0.2) is 42.6 Å². The van der Waals surface area contributed by atoms with Crippen molar-refractivity contribution in [2.45, 2.75) is 44.0 Å². The van der Waals surface area contributed by atoms with Crippen molar-refractivity contribution in [2.24, 2.45) is 0 Å². The Bertz CT molecular complexity index is 2630. The lowest BCUT2D eigenvalue weighted by atomic mass is 9.84. The molecule has 3 atom stereocenters. The van der Waals surface area contributed by atoms with E-state index >= 15 is 0 Å². The average Bonchev–Trinajstić information content (AvgIpc) is 3.88. The molecule has 2 amide bonds. The highest BCUT2D eigenvalue weighted by Gasteiger charge is 2.47. The number of amides is 2. The van der Waals surface area contributed by atoms with E-state index in [0.29, 0.717) is 58.2 Å². The fraction of sp³-hybridized carbons (Fsp3) is 0.317. The number of aromatic hydroxyl groups is 1. The van der Waals surface area contributed by atoms with Gasteiger partial charge in [-0.25, -0.2) is 19.6 Å². The van der Waals surface area contributed by atoms with Crippen molar-refractivity contribution < 1.29 is 57.8 Å². The molecule has 62 heavy (non-hydrogen) atoms. The highest BCUT2D eigenvalue weighted by molar-refractivity contribution is 5.99. The predicted octanol–water partition coefficient (Wildman–Crippen LogP) is 3.12. The lowest BCUT2D eigenvalue weighted by molar-refractivity contribution is -0.139. The van der Waals surface area contributed by atoms with Crippen LogP contribution in [0.5, 0.6) is 34.6 Å². The zero-order chi connectivity index (χ0) is 43.8. The number of benzene rings is 3. The summed E-state index contributed by atoms with van der Waals surface area (Å²) in [4.78, 5) is 70.7. The number of nitrogens with zero attached hydrogens (tertiary/aromatic N) is 5. The van der Waals surface area contributed by atoms with Gasteiger partial charge in [-0.3, -0.25) is 14.5 Å². The van der Waals surface area contributed by atoms with E-state index in [2.05, 4.69) is 35.9 Å². The summed E-state index contributed by atoms with van der Waals surface area (Å²) < 4.78 is 34.7. The number of fused-ring (bicyclic) bond motifs is 4. The topological polar surface area (TPSA) is 281 Å². The Kier molecular flexibility index (Phi) is 11.1. The summed E-state index contributed by atoms with van der Waals surface area (Å²) in [5.74, 6) is -2.17. The quantitative estimate of drug-likeness (QED) is 0.0875. The summed E-state index contributed by atoms with van der Waals surface area (Å²) >= 11 is 0. The molecule has 0 spiro atoms. The molecule has 7 N–H and O–H groups in total. The van der Waals surface area contributed by atoms with Crippen molar-refractivity contribution >= 4 is 52.2 Å². The van der Waals surface area contributed by atoms with Crippen molar-refractivity contribution in [3.8, 4) is 34.6 Å². The monoisotopic (exact) mass is 851 g/mol. The number of aliphatic carboxylic acids is 1. The highest BCUT2D eigenvalue weighted by atomic mass is 16.7. The van der Waals surface area contributed by atoms with Gasteiger partial charge >= 0.3 is 11.9 Å². The van der Waals surface area contributed by atoms with Crippen LogP contribution in [0.3, 0.4) is 0 Å². The zero-order valence-electron chi connectivity index (χ0n) is 33.8. The first kappa shape index (κ1) is 41.1. The van der Waals surface area contributed by atoms with Gasteiger partial charge in [0.15, 0.2) is 34.2 Å². The Balaban J connectivity index is 0.960. The van der Waals surface area contributed by atoms with Crippen LogP contribution in [0.1, 0.15) is 68.1 Å². The number of nitrogen functional groups attached to an aromatic ring is 1. The predicted molar refractivity (Wildman–Crippen MR) is 218 cm³/mol. The minimum absolute atomic E-state index is 0.0922. The number of carbonyl (C=O) groups excluding carboxylic acids is 3. The van der Waals surface area contributed by atoms with Gasteiger partial charge in [0.25, 0.3) is 5.91 Å². The summed E-state index contributed by atoms with van der Waals surface area (Å²) in [6, 6.07) is 7.71. The SMILES string of the molecule is COc1ccc2c(c1OC)C(=O)OC2C1c2c(c(NC(=O)CCC(NC(=O)c3ccc(NCc4cnc5nc(N)nc(O)c5n4)cc3)C(=O)O)c3c(c2OC)OCO3)CCN1C. The first-order valence-corrected chi connectivity index (χ1v) is 19.2. The van der Waals surface area contributed by atoms with Crippen LogP contribution in [-0.2, 0) is 27.3 Å². The number of anilines is 3. The van der Waals surface area contributed by atoms with E-state index in [1.165, 1.54) is 39.7 Å². The second-order valence-electron chi connectivity index (χ2n) is 14.5. The van der Waals surface area contributed by atoms with Crippen LogP contribution in [0.25, 0.3) is 11.2 Å². The molecule has 0 aliphatic carbocycles. The van der Waals surface area contributed by atoms with Gasteiger partial charge in [-0.15, -0.1) is 0 Å². The van der Waals surface area contributed by atoms with E-state index in [1.807, 2.05) is 11.9 Å². The maximum atomic E-state index is 13.7. The van der Waals surface area contributed by atoms with E-state index in [9.17, 15) is 29.4 Å². The molecule has 2 aromatic heterocycles. The molecule has 21 nitrogen and oxygen atoms in total. The van der Waals surface area contributed by atoms with Crippen molar-refractivity contribution in [3.05, 3.63) is 76.1 Å². The van der Waals surface area contributed by atoms with Gasteiger partial charge in [0.2, 0.25) is 30.3 Å². The number of rotatable bonds is 14. The van der Waals surface area contributed by atoms with Crippen LogP contribution in [-0.4, -0.2) is 107 Å². The smallest absolute Gasteiger partial charge is 0.343 e. The number of aromatic nitrogens is 4. The van der Waals surface area contributed by atoms with Crippen molar-refractivity contribution in [3.63, 3.8) is 0 Å². The van der Waals surface area contributed by atoms with E-state index in [1.54, 1.807) is 24.3 Å². The minimum atomic E-state index is -1.41. The van der Waals surface area contributed by atoms with Crippen LogP contribution < -0.4 is 45.4 Å². The number of hydrogen-bond donors (Lipinski definition) is 6. The number of likely N-dealkylation sites (N-methyl/N-ethyl adjacent to an activating group) is 1. The van der Waals surface area contributed by atoms with E-state index in [0.717, 1.165) is 0 Å². The molecule has 5 heterocycles. The third kappa shape index (κ3) is 7.53. The molecule has 0 fully saturated rings. The van der Waals surface area contributed by atoms with Gasteiger partial charge in [-0.1, -0.05) is 6.07 Å². The number of ether oxygens (including phenoxy) is 6. The van der Waals surface area contributed by atoms with Crippen LogP contribution in [0, 0.1) is 0 Å². The molecule has 3 aliphatic heterocycles. The molecule has 5 aromatic rings. The lowest BCUT2D eigenvalue weighted by Gasteiger charge is -2.39. The average molecular weight is 852 g/mol. The van der Waals surface area contributed by atoms with Gasteiger partial charge in [-0.2, -0.15) is 9.97 Å². The van der Waals surface area contributed by atoms with E-state index in [4.69, 9.17) is 34.2 Å². The lowest BCUT2D eigenvalue weighted by Crippen LogP contribution is -2.41. The largest absolute Gasteiger partial charge is 0.493 e. The van der Waals surface area contributed by atoms with E-state index < -0.39 is 47.8 Å². The molecular formula is C41H41N9O12. The van der Waals surface area contributed by atoms with Crippen LogP contribution in [0.4, 0.5) is 17.3 Å². The highest BCUT2D eigenvalue weighted by Crippen LogP contribution is 2.58.